The molecule has 0 aliphatic heterocycles. The minimum Gasteiger partial charge on any atom is -0.282 e. The van der Waals surface area contributed by atoms with Crippen LogP contribution in [0, 0.1) is 24.4 Å². The average Bonchev–Trinajstić information content (AvgIpc) is 2.25. The van der Waals surface area contributed by atoms with Crippen LogP contribution in [0.2, 0.25) is 0 Å². The SMILES string of the molecule is Cc1ccc(S(=O)(=O)O)c(-c2c(F)cc(F)cc2F)c1. The molecule has 2 aromatic rings. The molecule has 0 aliphatic carbocycles. The van der Waals surface area contributed by atoms with Crippen LogP contribution in [0.15, 0.2) is 35.2 Å². The van der Waals surface area contributed by atoms with E-state index in [4.69, 9.17) is 4.55 Å². The van der Waals surface area contributed by atoms with Gasteiger partial charge in [-0.05, 0) is 19.1 Å². The van der Waals surface area contributed by atoms with E-state index in [0.29, 0.717) is 17.7 Å². The first-order valence-electron chi connectivity index (χ1n) is 5.43. The summed E-state index contributed by atoms with van der Waals surface area (Å²) in [6.07, 6.45) is 0. The molecule has 0 amide bonds. The molecule has 0 saturated heterocycles. The summed E-state index contributed by atoms with van der Waals surface area (Å²) < 4.78 is 72.0. The number of halogens is 3. The molecule has 1 N–H and O–H groups in total. The van der Waals surface area contributed by atoms with Crippen molar-refractivity contribution < 1.29 is 26.1 Å². The van der Waals surface area contributed by atoms with Gasteiger partial charge in [0.15, 0.2) is 0 Å². The van der Waals surface area contributed by atoms with Crippen molar-refractivity contribution in [2.75, 3.05) is 0 Å². The van der Waals surface area contributed by atoms with Crippen LogP contribution in [-0.2, 0) is 10.1 Å². The highest BCUT2D eigenvalue weighted by molar-refractivity contribution is 7.86. The Bertz CT molecular complexity index is 762. The molecule has 106 valence electrons. The predicted molar refractivity (Wildman–Crippen MR) is 66.3 cm³/mol. The van der Waals surface area contributed by atoms with Gasteiger partial charge in [-0.3, -0.25) is 4.55 Å². The van der Waals surface area contributed by atoms with E-state index in [2.05, 4.69) is 0 Å². The van der Waals surface area contributed by atoms with Gasteiger partial charge in [-0.15, -0.1) is 0 Å². The lowest BCUT2D eigenvalue weighted by molar-refractivity contribution is 0.483. The third kappa shape index (κ3) is 2.68. The number of benzene rings is 2. The van der Waals surface area contributed by atoms with Gasteiger partial charge in [0.05, 0.1) is 5.56 Å². The number of aryl methyl sites for hydroxylation is 1. The van der Waals surface area contributed by atoms with Crippen molar-refractivity contribution in [3.8, 4) is 11.1 Å². The van der Waals surface area contributed by atoms with Crippen molar-refractivity contribution in [2.45, 2.75) is 11.8 Å². The summed E-state index contributed by atoms with van der Waals surface area (Å²) >= 11 is 0. The lowest BCUT2D eigenvalue weighted by atomic mass is 10.0. The van der Waals surface area contributed by atoms with E-state index in [9.17, 15) is 21.6 Å². The van der Waals surface area contributed by atoms with Crippen LogP contribution in [0.4, 0.5) is 13.2 Å². The molecule has 0 saturated carbocycles. The van der Waals surface area contributed by atoms with E-state index in [1.807, 2.05) is 0 Å². The minimum atomic E-state index is -4.67. The fourth-order valence-electron chi connectivity index (χ4n) is 1.86. The molecular formula is C13H9F3O3S. The molecule has 0 unspecified atom stereocenters. The zero-order valence-corrected chi connectivity index (χ0v) is 11.0. The lowest BCUT2D eigenvalue weighted by Gasteiger charge is -2.10. The molecule has 2 aromatic carbocycles. The van der Waals surface area contributed by atoms with Crippen LogP contribution in [0.25, 0.3) is 11.1 Å². The second-order valence-electron chi connectivity index (χ2n) is 4.22. The Morgan fingerprint density at radius 3 is 2.05 bits per heavy atom. The van der Waals surface area contributed by atoms with E-state index in [1.54, 1.807) is 6.92 Å². The van der Waals surface area contributed by atoms with E-state index in [1.165, 1.54) is 12.1 Å². The second kappa shape index (κ2) is 4.92. The summed E-state index contributed by atoms with van der Waals surface area (Å²) in [4.78, 5) is -0.646. The van der Waals surface area contributed by atoms with Gasteiger partial charge in [-0.1, -0.05) is 11.6 Å². The van der Waals surface area contributed by atoms with Crippen molar-refractivity contribution in [3.63, 3.8) is 0 Å². The summed E-state index contributed by atoms with van der Waals surface area (Å²) in [5.74, 6) is -3.62. The molecule has 0 aliphatic rings. The van der Waals surface area contributed by atoms with Crippen LogP contribution >= 0.6 is 0 Å². The molecule has 0 radical (unpaired) electrons. The maximum absolute atomic E-state index is 13.7. The molecule has 3 nitrogen and oxygen atoms in total. The van der Waals surface area contributed by atoms with Gasteiger partial charge in [0.1, 0.15) is 22.3 Å². The maximum Gasteiger partial charge on any atom is 0.295 e. The van der Waals surface area contributed by atoms with Crippen LogP contribution in [0.5, 0.6) is 0 Å². The van der Waals surface area contributed by atoms with Gasteiger partial charge in [0.25, 0.3) is 10.1 Å². The van der Waals surface area contributed by atoms with Gasteiger partial charge in [-0.25, -0.2) is 13.2 Å². The Labute approximate surface area is 113 Å². The first-order valence-corrected chi connectivity index (χ1v) is 6.87. The van der Waals surface area contributed by atoms with Crippen molar-refractivity contribution in [2.24, 2.45) is 0 Å². The monoisotopic (exact) mass is 302 g/mol. The number of hydrogen-bond acceptors (Lipinski definition) is 2. The van der Waals surface area contributed by atoms with E-state index < -0.39 is 38.0 Å². The fourth-order valence-corrected chi connectivity index (χ4v) is 2.54. The first-order chi connectivity index (χ1) is 9.20. The highest BCUT2D eigenvalue weighted by Crippen LogP contribution is 2.32. The van der Waals surface area contributed by atoms with E-state index in [-0.39, 0.29) is 5.56 Å². The molecule has 0 atom stereocenters. The molecule has 2 rings (SSSR count). The molecule has 0 bridgehead atoms. The third-order valence-corrected chi connectivity index (χ3v) is 3.60. The summed E-state index contributed by atoms with van der Waals surface area (Å²) in [7, 11) is -4.67. The molecule has 0 aromatic heterocycles. The summed E-state index contributed by atoms with van der Waals surface area (Å²) in [5.41, 5.74) is -0.541. The Balaban J connectivity index is 2.86. The zero-order valence-electron chi connectivity index (χ0n) is 10.2. The van der Waals surface area contributed by atoms with Crippen LogP contribution in [0.1, 0.15) is 5.56 Å². The Morgan fingerprint density at radius 2 is 1.55 bits per heavy atom. The Hall–Kier alpha value is -1.86. The van der Waals surface area contributed by atoms with Gasteiger partial charge in [0, 0.05) is 17.7 Å². The molecule has 7 heteroatoms. The highest BCUT2D eigenvalue weighted by Gasteiger charge is 2.22. The van der Waals surface area contributed by atoms with Crippen LogP contribution in [-0.4, -0.2) is 13.0 Å². The Kier molecular flexibility index (Phi) is 3.58. The molecule has 0 spiro atoms. The number of hydrogen-bond donors (Lipinski definition) is 1. The molecule has 0 fully saturated rings. The van der Waals surface area contributed by atoms with Crippen molar-refractivity contribution in [3.05, 3.63) is 53.3 Å². The van der Waals surface area contributed by atoms with Crippen LogP contribution < -0.4 is 0 Å². The van der Waals surface area contributed by atoms with E-state index in [0.717, 1.165) is 6.07 Å². The average molecular weight is 302 g/mol. The molecular weight excluding hydrogens is 293 g/mol. The molecule has 0 heterocycles. The van der Waals surface area contributed by atoms with E-state index >= 15 is 0 Å². The highest BCUT2D eigenvalue weighted by atomic mass is 32.2. The van der Waals surface area contributed by atoms with Gasteiger partial charge in [0.2, 0.25) is 0 Å². The molecule has 20 heavy (non-hydrogen) atoms. The van der Waals surface area contributed by atoms with Crippen molar-refractivity contribution >= 4 is 10.1 Å². The largest absolute Gasteiger partial charge is 0.295 e. The standard InChI is InChI=1S/C13H9F3O3S/c1-7-2-3-12(20(17,18)19)9(4-7)13-10(15)5-8(14)6-11(13)16/h2-6H,1H3,(H,17,18,19). The van der Waals surface area contributed by atoms with Crippen molar-refractivity contribution in [1.82, 2.24) is 0 Å². The normalized spacial score (nSPS) is 11.7. The maximum atomic E-state index is 13.7. The lowest BCUT2D eigenvalue weighted by Crippen LogP contribution is -2.03. The topological polar surface area (TPSA) is 54.4 Å². The number of rotatable bonds is 2. The minimum absolute atomic E-state index is 0.359. The third-order valence-electron chi connectivity index (χ3n) is 2.69. The summed E-state index contributed by atoms with van der Waals surface area (Å²) in [6, 6.07) is 4.47. The fraction of sp³-hybridized carbons (Fsp3) is 0.0769. The first kappa shape index (κ1) is 14.5. The zero-order chi connectivity index (χ0) is 15.1. The Morgan fingerprint density at radius 1 is 1.00 bits per heavy atom. The predicted octanol–water partition coefficient (Wildman–Crippen LogP) is 3.33. The van der Waals surface area contributed by atoms with Crippen LogP contribution in [0.3, 0.4) is 0 Å². The summed E-state index contributed by atoms with van der Waals surface area (Å²) in [6.45, 7) is 1.58. The smallest absolute Gasteiger partial charge is 0.282 e. The van der Waals surface area contributed by atoms with Gasteiger partial charge >= 0.3 is 0 Å². The quantitative estimate of drug-likeness (QED) is 0.866. The van der Waals surface area contributed by atoms with Gasteiger partial charge < -0.3 is 0 Å². The second-order valence-corrected chi connectivity index (χ2v) is 5.61. The van der Waals surface area contributed by atoms with Crippen molar-refractivity contribution in [1.29, 1.82) is 0 Å². The summed E-state index contributed by atoms with van der Waals surface area (Å²) in [5, 5.41) is 0. The van der Waals surface area contributed by atoms with Gasteiger partial charge in [-0.2, -0.15) is 8.42 Å².